The first kappa shape index (κ1) is 12.0. The van der Waals surface area contributed by atoms with Crippen LogP contribution in [0.1, 0.15) is 20.8 Å². The van der Waals surface area contributed by atoms with Crippen LogP contribution in [0.5, 0.6) is 0 Å². The molecule has 1 aromatic rings. The van der Waals surface area contributed by atoms with E-state index in [1.807, 2.05) is 42.3 Å². The molecule has 0 aliphatic rings. The Hall–Kier alpha value is -1.09. The zero-order chi connectivity index (χ0) is 11.5. The minimum atomic E-state index is 0.000123. The SMILES string of the molecule is CN(C(=S)NC(C)(C)C)c1ccccc1. The molecule has 0 amide bonds. The van der Waals surface area contributed by atoms with Gasteiger partial charge in [-0.2, -0.15) is 0 Å². The predicted octanol–water partition coefficient (Wildman–Crippen LogP) is 2.80. The van der Waals surface area contributed by atoms with Crippen LogP contribution in [0, 0.1) is 0 Å². The number of para-hydroxylation sites is 1. The van der Waals surface area contributed by atoms with Crippen LogP contribution < -0.4 is 10.2 Å². The number of nitrogens with zero attached hydrogens (tertiary/aromatic N) is 1. The number of thiocarbonyl (C=S) groups is 1. The smallest absolute Gasteiger partial charge is 0.173 e. The Labute approximate surface area is 97.3 Å². The second kappa shape index (κ2) is 4.62. The molecule has 15 heavy (non-hydrogen) atoms. The van der Waals surface area contributed by atoms with Gasteiger partial charge in [0.05, 0.1) is 0 Å². The number of hydrogen-bond donors (Lipinski definition) is 1. The Kier molecular flexibility index (Phi) is 3.69. The van der Waals surface area contributed by atoms with Gasteiger partial charge in [-0.15, -0.1) is 0 Å². The van der Waals surface area contributed by atoms with Crippen molar-refractivity contribution in [2.24, 2.45) is 0 Å². The van der Waals surface area contributed by atoms with Gasteiger partial charge in [0.15, 0.2) is 5.11 Å². The normalized spacial score (nSPS) is 10.9. The van der Waals surface area contributed by atoms with Crippen LogP contribution in [0.2, 0.25) is 0 Å². The molecule has 1 aromatic carbocycles. The van der Waals surface area contributed by atoms with Crippen LogP contribution in [0.15, 0.2) is 30.3 Å². The van der Waals surface area contributed by atoms with Crippen LogP contribution in [0.3, 0.4) is 0 Å². The lowest BCUT2D eigenvalue weighted by Gasteiger charge is -2.28. The van der Waals surface area contributed by atoms with Gasteiger partial charge in [0.25, 0.3) is 0 Å². The van der Waals surface area contributed by atoms with E-state index in [0.717, 1.165) is 10.8 Å². The first-order valence-corrected chi connectivity index (χ1v) is 5.42. The summed E-state index contributed by atoms with van der Waals surface area (Å²) < 4.78 is 0. The highest BCUT2D eigenvalue weighted by Gasteiger charge is 2.14. The van der Waals surface area contributed by atoms with Crippen molar-refractivity contribution in [2.45, 2.75) is 26.3 Å². The van der Waals surface area contributed by atoms with E-state index in [9.17, 15) is 0 Å². The monoisotopic (exact) mass is 222 g/mol. The maximum atomic E-state index is 5.32. The largest absolute Gasteiger partial charge is 0.358 e. The molecule has 0 saturated carbocycles. The van der Waals surface area contributed by atoms with Crippen molar-refractivity contribution >= 4 is 23.0 Å². The Morgan fingerprint density at radius 3 is 2.20 bits per heavy atom. The van der Waals surface area contributed by atoms with Gasteiger partial charge in [0.1, 0.15) is 0 Å². The van der Waals surface area contributed by atoms with E-state index in [4.69, 9.17) is 12.2 Å². The summed E-state index contributed by atoms with van der Waals surface area (Å²) in [5.41, 5.74) is 1.10. The molecule has 0 radical (unpaired) electrons. The lowest BCUT2D eigenvalue weighted by atomic mass is 10.1. The van der Waals surface area contributed by atoms with Crippen molar-refractivity contribution < 1.29 is 0 Å². The Morgan fingerprint density at radius 2 is 1.73 bits per heavy atom. The molecule has 0 bridgehead atoms. The van der Waals surface area contributed by atoms with E-state index in [1.165, 1.54) is 0 Å². The van der Waals surface area contributed by atoms with Gasteiger partial charge >= 0.3 is 0 Å². The van der Waals surface area contributed by atoms with Crippen LogP contribution in [0.4, 0.5) is 5.69 Å². The zero-order valence-corrected chi connectivity index (χ0v) is 10.6. The molecule has 82 valence electrons. The molecule has 0 aliphatic heterocycles. The fourth-order valence-electron chi connectivity index (χ4n) is 1.17. The first-order chi connectivity index (χ1) is 6.90. The van der Waals surface area contributed by atoms with Gasteiger partial charge < -0.3 is 10.2 Å². The summed E-state index contributed by atoms with van der Waals surface area (Å²) in [5.74, 6) is 0. The molecule has 0 aliphatic carbocycles. The number of hydrogen-bond acceptors (Lipinski definition) is 1. The molecule has 2 nitrogen and oxygen atoms in total. The van der Waals surface area contributed by atoms with E-state index < -0.39 is 0 Å². The summed E-state index contributed by atoms with van der Waals surface area (Å²) in [6.45, 7) is 6.29. The van der Waals surface area contributed by atoms with Crippen molar-refractivity contribution in [3.63, 3.8) is 0 Å². The van der Waals surface area contributed by atoms with Gasteiger partial charge in [0.2, 0.25) is 0 Å². The highest BCUT2D eigenvalue weighted by Crippen LogP contribution is 2.12. The quantitative estimate of drug-likeness (QED) is 0.736. The highest BCUT2D eigenvalue weighted by atomic mass is 32.1. The maximum Gasteiger partial charge on any atom is 0.173 e. The molecule has 0 heterocycles. The molecule has 3 heteroatoms. The van der Waals surface area contributed by atoms with Crippen molar-refractivity contribution in [3.05, 3.63) is 30.3 Å². The lowest BCUT2D eigenvalue weighted by molar-refractivity contribution is 0.512. The minimum Gasteiger partial charge on any atom is -0.358 e. The molecule has 0 unspecified atom stereocenters. The zero-order valence-electron chi connectivity index (χ0n) is 9.74. The van der Waals surface area contributed by atoms with Gasteiger partial charge in [-0.25, -0.2) is 0 Å². The van der Waals surface area contributed by atoms with Gasteiger partial charge in [0, 0.05) is 18.3 Å². The molecule has 1 rings (SSSR count). The molecular weight excluding hydrogens is 204 g/mol. The van der Waals surface area contributed by atoms with Crippen molar-refractivity contribution in [1.29, 1.82) is 0 Å². The minimum absolute atomic E-state index is 0.000123. The van der Waals surface area contributed by atoms with Gasteiger partial charge in [-0.1, -0.05) is 18.2 Å². The summed E-state index contributed by atoms with van der Waals surface area (Å²) in [7, 11) is 1.97. The molecule has 0 spiro atoms. The average molecular weight is 222 g/mol. The predicted molar refractivity (Wildman–Crippen MR) is 70.3 cm³/mol. The Morgan fingerprint density at radius 1 is 1.20 bits per heavy atom. The van der Waals surface area contributed by atoms with Crippen molar-refractivity contribution in [1.82, 2.24) is 5.32 Å². The molecule has 1 N–H and O–H groups in total. The third kappa shape index (κ3) is 3.88. The van der Waals surface area contributed by atoms with Crippen LogP contribution in [-0.4, -0.2) is 17.7 Å². The third-order valence-electron chi connectivity index (χ3n) is 1.93. The Bertz CT molecular complexity index is 327. The first-order valence-electron chi connectivity index (χ1n) is 5.01. The van der Waals surface area contributed by atoms with Crippen LogP contribution in [0.25, 0.3) is 0 Å². The van der Waals surface area contributed by atoms with E-state index >= 15 is 0 Å². The molecular formula is C12H18N2S. The van der Waals surface area contributed by atoms with Crippen molar-refractivity contribution in [3.8, 4) is 0 Å². The summed E-state index contributed by atoms with van der Waals surface area (Å²) in [6, 6.07) is 10.1. The molecule has 0 saturated heterocycles. The lowest BCUT2D eigenvalue weighted by Crippen LogP contribution is -2.47. The average Bonchev–Trinajstić information content (AvgIpc) is 2.15. The maximum absolute atomic E-state index is 5.32. The fraction of sp³-hybridized carbons (Fsp3) is 0.417. The van der Waals surface area contributed by atoms with Crippen LogP contribution >= 0.6 is 12.2 Å². The highest BCUT2D eigenvalue weighted by molar-refractivity contribution is 7.80. The summed E-state index contributed by atoms with van der Waals surface area (Å²) in [4.78, 5) is 1.97. The Balaban J connectivity index is 2.70. The summed E-state index contributed by atoms with van der Waals surface area (Å²) in [5, 5.41) is 4.02. The van der Waals surface area contributed by atoms with Crippen molar-refractivity contribution in [2.75, 3.05) is 11.9 Å². The molecule has 0 fully saturated rings. The second-order valence-electron chi connectivity index (χ2n) is 4.57. The number of nitrogens with one attached hydrogen (secondary N) is 1. The van der Waals surface area contributed by atoms with Gasteiger partial charge in [-0.3, -0.25) is 0 Å². The molecule has 0 aromatic heterocycles. The van der Waals surface area contributed by atoms with E-state index in [0.29, 0.717) is 0 Å². The molecule has 0 atom stereocenters. The standard InChI is InChI=1S/C12H18N2S/c1-12(2,3)13-11(15)14(4)10-8-6-5-7-9-10/h5-9H,1-4H3,(H,13,15). The second-order valence-corrected chi connectivity index (χ2v) is 4.96. The number of rotatable bonds is 1. The third-order valence-corrected chi connectivity index (χ3v) is 2.31. The number of benzene rings is 1. The van der Waals surface area contributed by atoms with E-state index in [2.05, 4.69) is 26.1 Å². The fourth-order valence-corrected chi connectivity index (χ4v) is 1.59. The number of anilines is 1. The van der Waals surface area contributed by atoms with Gasteiger partial charge in [-0.05, 0) is 45.1 Å². The van der Waals surface area contributed by atoms with E-state index in [-0.39, 0.29) is 5.54 Å². The van der Waals surface area contributed by atoms with Crippen LogP contribution in [-0.2, 0) is 0 Å². The summed E-state index contributed by atoms with van der Waals surface area (Å²) >= 11 is 5.32. The topological polar surface area (TPSA) is 15.3 Å². The summed E-state index contributed by atoms with van der Waals surface area (Å²) in [6.07, 6.45) is 0. The van der Waals surface area contributed by atoms with E-state index in [1.54, 1.807) is 0 Å².